The van der Waals surface area contributed by atoms with Gasteiger partial charge in [-0.05, 0) is 30.7 Å². The molecule has 1 aliphatic heterocycles. The Morgan fingerprint density at radius 1 is 1.36 bits per heavy atom. The van der Waals surface area contributed by atoms with Crippen LogP contribution in [0.5, 0.6) is 5.75 Å². The fraction of sp³-hybridized carbons (Fsp3) is 0.467. The lowest BCUT2D eigenvalue weighted by molar-refractivity contribution is 0.0998. The molecule has 0 saturated carbocycles. The van der Waals surface area contributed by atoms with Crippen LogP contribution >= 0.6 is 12.4 Å². The van der Waals surface area contributed by atoms with E-state index in [4.69, 9.17) is 14.0 Å². The number of halogens is 1. The van der Waals surface area contributed by atoms with E-state index in [2.05, 4.69) is 15.5 Å². The minimum absolute atomic E-state index is 0. The topological polar surface area (TPSA) is 69.4 Å². The molecular formula is C15H20ClN3O3. The highest BCUT2D eigenvalue weighted by atomic mass is 35.5. The molecule has 1 saturated heterocycles. The van der Waals surface area contributed by atoms with Gasteiger partial charge in [0.15, 0.2) is 5.82 Å². The predicted molar refractivity (Wildman–Crippen MR) is 83.3 cm³/mol. The molecule has 0 radical (unpaired) electrons. The van der Waals surface area contributed by atoms with Gasteiger partial charge < -0.3 is 19.3 Å². The number of methoxy groups -OCH3 is 1. The van der Waals surface area contributed by atoms with Gasteiger partial charge in [-0.1, -0.05) is 17.3 Å². The zero-order valence-electron chi connectivity index (χ0n) is 12.4. The molecule has 1 aromatic heterocycles. The van der Waals surface area contributed by atoms with Crippen molar-refractivity contribution in [3.05, 3.63) is 41.5 Å². The van der Waals surface area contributed by atoms with Crippen LogP contribution < -0.4 is 10.1 Å². The molecule has 1 fully saturated rings. The van der Waals surface area contributed by atoms with Gasteiger partial charge in [0.25, 0.3) is 0 Å². The summed E-state index contributed by atoms with van der Waals surface area (Å²) in [6, 6.07) is 7.79. The van der Waals surface area contributed by atoms with Gasteiger partial charge in [0.05, 0.1) is 19.6 Å². The second kappa shape index (κ2) is 8.12. The summed E-state index contributed by atoms with van der Waals surface area (Å²) >= 11 is 0. The fourth-order valence-corrected chi connectivity index (χ4v) is 2.38. The van der Waals surface area contributed by atoms with E-state index in [0.29, 0.717) is 30.8 Å². The fourth-order valence-electron chi connectivity index (χ4n) is 2.38. The lowest BCUT2D eigenvalue weighted by Gasteiger charge is -2.04. The van der Waals surface area contributed by atoms with E-state index in [1.165, 1.54) is 0 Å². The SMILES string of the molecule is COc1cccc(COCc2noc([C@@H]3CCNC3)n2)c1.Cl. The van der Waals surface area contributed by atoms with Crippen molar-refractivity contribution >= 4 is 12.4 Å². The first-order valence-electron chi connectivity index (χ1n) is 7.09. The van der Waals surface area contributed by atoms with Gasteiger partial charge in [-0.15, -0.1) is 12.4 Å². The molecule has 1 N–H and O–H groups in total. The Bertz CT molecular complexity index is 585. The van der Waals surface area contributed by atoms with Crippen molar-refractivity contribution < 1.29 is 14.0 Å². The number of ether oxygens (including phenoxy) is 2. The molecule has 2 aromatic rings. The first-order valence-corrected chi connectivity index (χ1v) is 7.09. The number of nitrogens with zero attached hydrogens (tertiary/aromatic N) is 2. The standard InChI is InChI=1S/C15H19N3O3.ClH/c1-19-13-4-2-3-11(7-13)9-20-10-14-17-15(21-18-14)12-5-6-16-8-12;/h2-4,7,12,16H,5-6,8-10H2,1H3;1H/t12-;/m1./s1. The third-order valence-corrected chi connectivity index (χ3v) is 3.53. The molecule has 1 aliphatic rings. The molecule has 0 amide bonds. The Balaban J connectivity index is 0.00000176. The Kier molecular flexibility index (Phi) is 6.18. The summed E-state index contributed by atoms with van der Waals surface area (Å²) in [5.41, 5.74) is 1.05. The molecule has 120 valence electrons. The molecule has 0 spiro atoms. The van der Waals surface area contributed by atoms with Gasteiger partial charge in [-0.25, -0.2) is 0 Å². The van der Waals surface area contributed by atoms with E-state index in [9.17, 15) is 0 Å². The number of hydrogen-bond donors (Lipinski definition) is 1. The van der Waals surface area contributed by atoms with E-state index in [0.717, 1.165) is 30.8 Å². The Morgan fingerprint density at radius 2 is 2.27 bits per heavy atom. The molecule has 3 rings (SSSR count). The normalized spacial score (nSPS) is 17.2. The van der Waals surface area contributed by atoms with Crippen LogP contribution in [-0.4, -0.2) is 30.3 Å². The van der Waals surface area contributed by atoms with E-state index in [-0.39, 0.29) is 12.4 Å². The highest BCUT2D eigenvalue weighted by Crippen LogP contribution is 2.20. The maximum absolute atomic E-state index is 5.63. The van der Waals surface area contributed by atoms with Crippen molar-refractivity contribution in [2.45, 2.75) is 25.6 Å². The lowest BCUT2D eigenvalue weighted by atomic mass is 10.1. The van der Waals surface area contributed by atoms with E-state index in [1.54, 1.807) is 7.11 Å². The summed E-state index contributed by atoms with van der Waals surface area (Å²) in [5, 5.41) is 7.25. The van der Waals surface area contributed by atoms with E-state index >= 15 is 0 Å². The van der Waals surface area contributed by atoms with Gasteiger partial charge in [-0.3, -0.25) is 0 Å². The van der Waals surface area contributed by atoms with Crippen molar-refractivity contribution in [1.29, 1.82) is 0 Å². The Morgan fingerprint density at radius 3 is 3.05 bits per heavy atom. The predicted octanol–water partition coefficient (Wildman–Crippen LogP) is 2.29. The van der Waals surface area contributed by atoms with Crippen LogP contribution in [0.3, 0.4) is 0 Å². The maximum atomic E-state index is 5.63. The highest BCUT2D eigenvalue weighted by Gasteiger charge is 2.22. The van der Waals surface area contributed by atoms with Crippen molar-refractivity contribution in [2.24, 2.45) is 0 Å². The average molecular weight is 326 g/mol. The van der Waals surface area contributed by atoms with Crippen LogP contribution in [0.4, 0.5) is 0 Å². The molecule has 7 heteroatoms. The quantitative estimate of drug-likeness (QED) is 0.878. The summed E-state index contributed by atoms with van der Waals surface area (Å²) in [4.78, 5) is 4.39. The van der Waals surface area contributed by atoms with Crippen molar-refractivity contribution in [2.75, 3.05) is 20.2 Å². The summed E-state index contributed by atoms with van der Waals surface area (Å²) < 4.78 is 16.1. The molecule has 0 bridgehead atoms. The van der Waals surface area contributed by atoms with E-state index in [1.807, 2.05) is 24.3 Å². The minimum atomic E-state index is 0. The summed E-state index contributed by atoms with van der Waals surface area (Å²) in [5.74, 6) is 2.47. The maximum Gasteiger partial charge on any atom is 0.231 e. The van der Waals surface area contributed by atoms with Crippen molar-refractivity contribution in [3.8, 4) is 5.75 Å². The first kappa shape index (κ1) is 16.7. The largest absolute Gasteiger partial charge is 0.497 e. The third-order valence-electron chi connectivity index (χ3n) is 3.53. The monoisotopic (exact) mass is 325 g/mol. The van der Waals surface area contributed by atoms with Crippen molar-refractivity contribution in [1.82, 2.24) is 15.5 Å². The summed E-state index contributed by atoms with van der Waals surface area (Å²) in [6.07, 6.45) is 1.05. The number of benzene rings is 1. The highest BCUT2D eigenvalue weighted by molar-refractivity contribution is 5.85. The molecule has 1 atom stereocenters. The first-order chi connectivity index (χ1) is 10.3. The van der Waals surface area contributed by atoms with Crippen LogP contribution in [0.25, 0.3) is 0 Å². The molecular weight excluding hydrogens is 306 g/mol. The molecule has 0 aliphatic carbocycles. The summed E-state index contributed by atoms with van der Waals surface area (Å²) in [7, 11) is 1.65. The molecule has 0 unspecified atom stereocenters. The van der Waals surface area contributed by atoms with Gasteiger partial charge in [0.1, 0.15) is 12.4 Å². The van der Waals surface area contributed by atoms with Gasteiger partial charge >= 0.3 is 0 Å². The smallest absolute Gasteiger partial charge is 0.231 e. The number of aromatic nitrogens is 2. The summed E-state index contributed by atoms with van der Waals surface area (Å²) in [6.45, 7) is 2.76. The minimum Gasteiger partial charge on any atom is -0.497 e. The second-order valence-electron chi connectivity index (χ2n) is 5.08. The Labute approximate surface area is 135 Å². The number of rotatable bonds is 6. The van der Waals surface area contributed by atoms with E-state index < -0.39 is 0 Å². The molecule has 2 heterocycles. The van der Waals surface area contributed by atoms with Crippen LogP contribution in [-0.2, 0) is 18.0 Å². The van der Waals surface area contributed by atoms with Crippen LogP contribution in [0.15, 0.2) is 28.8 Å². The molecule has 1 aromatic carbocycles. The van der Waals surface area contributed by atoms with Gasteiger partial charge in [0, 0.05) is 6.54 Å². The van der Waals surface area contributed by atoms with Crippen molar-refractivity contribution in [3.63, 3.8) is 0 Å². The van der Waals surface area contributed by atoms with Crippen LogP contribution in [0.1, 0.15) is 29.6 Å². The third kappa shape index (κ3) is 4.19. The van der Waals surface area contributed by atoms with Gasteiger partial charge in [-0.2, -0.15) is 4.98 Å². The van der Waals surface area contributed by atoms with Gasteiger partial charge in [0.2, 0.25) is 5.89 Å². The second-order valence-corrected chi connectivity index (χ2v) is 5.08. The zero-order valence-corrected chi connectivity index (χ0v) is 13.3. The number of hydrogen-bond acceptors (Lipinski definition) is 6. The van der Waals surface area contributed by atoms with Crippen LogP contribution in [0.2, 0.25) is 0 Å². The van der Waals surface area contributed by atoms with Crippen LogP contribution in [0, 0.1) is 0 Å². The number of nitrogens with one attached hydrogen (secondary N) is 1. The average Bonchev–Trinajstić information content (AvgIpc) is 3.18. The zero-order chi connectivity index (χ0) is 14.5. The lowest BCUT2D eigenvalue weighted by Crippen LogP contribution is -2.08. The Hall–Kier alpha value is -1.63. The molecule has 22 heavy (non-hydrogen) atoms. The molecule has 6 nitrogen and oxygen atoms in total.